The molecule has 3 rings (SSSR count). The average Bonchev–Trinajstić information content (AvgIpc) is 3.12. The van der Waals surface area contributed by atoms with Crippen LogP contribution >= 0.6 is 0 Å². The predicted molar refractivity (Wildman–Crippen MR) is 126 cm³/mol. The van der Waals surface area contributed by atoms with Crippen LogP contribution in [0.2, 0.25) is 0 Å². The molecular formula is C26H30N2O5. The molecule has 33 heavy (non-hydrogen) atoms. The lowest BCUT2D eigenvalue weighted by Crippen LogP contribution is -2.35. The Balaban J connectivity index is 1.45. The third kappa shape index (κ3) is 6.68. The largest absolute Gasteiger partial charge is 0.481 e. The highest BCUT2D eigenvalue weighted by molar-refractivity contribution is 5.88. The fourth-order valence-electron chi connectivity index (χ4n) is 4.09. The Morgan fingerprint density at radius 2 is 1.70 bits per heavy atom. The first-order valence-electron chi connectivity index (χ1n) is 11.3. The zero-order valence-electron chi connectivity index (χ0n) is 18.8. The number of rotatable bonds is 11. The summed E-state index contributed by atoms with van der Waals surface area (Å²) in [7, 11) is 0. The standard InChI is InChI=1S/C26H30N2O5/c1-2-3-9-18(16-25(30)31)28-24(29)14-8-15-27-26(32)33-17-23-21-12-6-4-10-19(21)20-11-5-7-13-22(20)23/h4-8,10-14,18,23H,2-3,9,15-17H2,1H3,(H,27,32)(H,28,29)(H,30,31)/b14-8+/t18-/m1/s1. The maximum Gasteiger partial charge on any atom is 0.407 e. The van der Waals surface area contributed by atoms with Crippen LogP contribution in [-0.4, -0.2) is 42.3 Å². The summed E-state index contributed by atoms with van der Waals surface area (Å²) in [5, 5.41) is 14.3. The van der Waals surface area contributed by atoms with E-state index in [-0.39, 0.29) is 31.4 Å². The van der Waals surface area contributed by atoms with E-state index in [1.54, 1.807) is 0 Å². The number of benzene rings is 2. The van der Waals surface area contributed by atoms with Crippen LogP contribution in [0, 0.1) is 0 Å². The van der Waals surface area contributed by atoms with Gasteiger partial charge >= 0.3 is 12.1 Å². The molecule has 2 aromatic rings. The zero-order chi connectivity index (χ0) is 23.6. The second-order valence-electron chi connectivity index (χ2n) is 8.05. The van der Waals surface area contributed by atoms with Crippen molar-refractivity contribution in [3.8, 4) is 11.1 Å². The highest BCUT2D eigenvalue weighted by Gasteiger charge is 2.28. The van der Waals surface area contributed by atoms with Gasteiger partial charge in [0.05, 0.1) is 6.42 Å². The summed E-state index contributed by atoms with van der Waals surface area (Å²) in [5.74, 6) is -1.34. The Morgan fingerprint density at radius 3 is 2.30 bits per heavy atom. The number of carboxylic acids is 1. The van der Waals surface area contributed by atoms with Crippen LogP contribution in [0.3, 0.4) is 0 Å². The van der Waals surface area contributed by atoms with Crippen molar-refractivity contribution in [2.75, 3.05) is 13.2 Å². The van der Waals surface area contributed by atoms with E-state index in [0.29, 0.717) is 6.42 Å². The van der Waals surface area contributed by atoms with E-state index in [1.807, 2.05) is 31.2 Å². The molecule has 0 spiro atoms. The predicted octanol–water partition coefficient (Wildman–Crippen LogP) is 4.23. The number of nitrogens with one attached hydrogen (secondary N) is 2. The lowest BCUT2D eigenvalue weighted by molar-refractivity contribution is -0.137. The van der Waals surface area contributed by atoms with Crippen LogP contribution in [0.25, 0.3) is 11.1 Å². The number of unbranched alkanes of at least 4 members (excludes halogenated alkanes) is 1. The van der Waals surface area contributed by atoms with Gasteiger partial charge in [-0.25, -0.2) is 4.79 Å². The van der Waals surface area contributed by atoms with E-state index in [4.69, 9.17) is 9.84 Å². The van der Waals surface area contributed by atoms with Crippen LogP contribution < -0.4 is 10.6 Å². The molecule has 2 aromatic carbocycles. The highest BCUT2D eigenvalue weighted by Crippen LogP contribution is 2.44. The smallest absolute Gasteiger partial charge is 0.407 e. The van der Waals surface area contributed by atoms with Gasteiger partial charge in [0, 0.05) is 24.6 Å². The van der Waals surface area contributed by atoms with Gasteiger partial charge in [0.2, 0.25) is 5.91 Å². The van der Waals surface area contributed by atoms with Gasteiger partial charge in [-0.2, -0.15) is 0 Å². The quantitative estimate of drug-likeness (QED) is 0.445. The number of fused-ring (bicyclic) bond motifs is 3. The van der Waals surface area contributed by atoms with Gasteiger partial charge < -0.3 is 20.5 Å². The Labute approximate surface area is 193 Å². The molecule has 3 N–H and O–H groups in total. The van der Waals surface area contributed by atoms with Gasteiger partial charge in [0.1, 0.15) is 6.61 Å². The molecule has 0 aromatic heterocycles. The first kappa shape index (κ1) is 24.0. The minimum Gasteiger partial charge on any atom is -0.481 e. The molecular weight excluding hydrogens is 420 g/mol. The molecule has 0 aliphatic heterocycles. The number of alkyl carbamates (subject to hydrolysis) is 1. The number of amides is 2. The van der Waals surface area contributed by atoms with Crippen molar-refractivity contribution in [2.45, 2.75) is 44.6 Å². The van der Waals surface area contributed by atoms with Gasteiger partial charge in [-0.05, 0) is 28.7 Å². The summed E-state index contributed by atoms with van der Waals surface area (Å²) >= 11 is 0. The Hall–Kier alpha value is -3.61. The van der Waals surface area contributed by atoms with Crippen molar-refractivity contribution >= 4 is 18.0 Å². The van der Waals surface area contributed by atoms with E-state index in [1.165, 1.54) is 12.2 Å². The first-order valence-corrected chi connectivity index (χ1v) is 11.3. The molecule has 7 heteroatoms. The molecule has 1 aliphatic rings. The van der Waals surface area contributed by atoms with Gasteiger partial charge in [0.25, 0.3) is 0 Å². The van der Waals surface area contributed by atoms with E-state index in [0.717, 1.165) is 35.1 Å². The van der Waals surface area contributed by atoms with Crippen molar-refractivity contribution in [3.63, 3.8) is 0 Å². The molecule has 1 atom stereocenters. The Morgan fingerprint density at radius 1 is 1.06 bits per heavy atom. The summed E-state index contributed by atoms with van der Waals surface area (Å²) in [4.78, 5) is 35.1. The minimum atomic E-state index is -0.947. The normalized spacial score (nSPS) is 13.2. The fourth-order valence-corrected chi connectivity index (χ4v) is 4.09. The second kappa shape index (κ2) is 11.9. The molecule has 0 unspecified atom stereocenters. The molecule has 0 radical (unpaired) electrons. The monoisotopic (exact) mass is 450 g/mol. The van der Waals surface area contributed by atoms with Crippen molar-refractivity contribution < 1.29 is 24.2 Å². The van der Waals surface area contributed by atoms with Crippen molar-refractivity contribution in [1.29, 1.82) is 0 Å². The van der Waals surface area contributed by atoms with Crippen LogP contribution in [0.4, 0.5) is 4.79 Å². The van der Waals surface area contributed by atoms with Crippen LogP contribution in [0.1, 0.15) is 49.7 Å². The SMILES string of the molecule is CCCC[C@H](CC(=O)O)NC(=O)/C=C/CNC(=O)OCC1c2ccccc2-c2ccccc21. The van der Waals surface area contributed by atoms with E-state index in [9.17, 15) is 14.4 Å². The molecule has 2 amide bonds. The maximum absolute atomic E-state index is 12.2. The zero-order valence-corrected chi connectivity index (χ0v) is 18.8. The number of carbonyl (C=O) groups is 3. The van der Waals surface area contributed by atoms with Crippen LogP contribution in [0.5, 0.6) is 0 Å². The number of carboxylic acid groups (broad SMARTS) is 1. The number of hydrogen-bond acceptors (Lipinski definition) is 4. The van der Waals surface area contributed by atoms with E-state index in [2.05, 4.69) is 34.9 Å². The highest BCUT2D eigenvalue weighted by atomic mass is 16.5. The maximum atomic E-state index is 12.2. The number of aliphatic carboxylic acids is 1. The molecule has 0 saturated heterocycles. The van der Waals surface area contributed by atoms with Gasteiger partial charge in [0.15, 0.2) is 0 Å². The number of ether oxygens (including phenoxy) is 1. The second-order valence-corrected chi connectivity index (χ2v) is 8.05. The topological polar surface area (TPSA) is 105 Å². The molecule has 0 saturated carbocycles. The van der Waals surface area contributed by atoms with Crippen molar-refractivity contribution in [3.05, 3.63) is 71.8 Å². The molecule has 174 valence electrons. The molecule has 7 nitrogen and oxygen atoms in total. The third-order valence-electron chi connectivity index (χ3n) is 5.65. The van der Waals surface area contributed by atoms with E-state index < -0.39 is 18.1 Å². The summed E-state index contributed by atoms with van der Waals surface area (Å²) in [6.07, 6.45) is 4.50. The van der Waals surface area contributed by atoms with Crippen molar-refractivity contribution in [1.82, 2.24) is 10.6 Å². The lowest BCUT2D eigenvalue weighted by Gasteiger charge is -2.15. The molecule has 1 aliphatic carbocycles. The number of hydrogen-bond donors (Lipinski definition) is 3. The minimum absolute atomic E-state index is 0.0150. The van der Waals surface area contributed by atoms with E-state index >= 15 is 0 Å². The van der Waals surface area contributed by atoms with Crippen molar-refractivity contribution in [2.24, 2.45) is 0 Å². The summed E-state index contributed by atoms with van der Waals surface area (Å²) in [6, 6.07) is 15.8. The average molecular weight is 451 g/mol. The molecule has 0 fully saturated rings. The van der Waals surface area contributed by atoms with Gasteiger partial charge in [-0.15, -0.1) is 0 Å². The Kier molecular flexibility index (Phi) is 8.63. The molecule has 0 heterocycles. The fraction of sp³-hybridized carbons (Fsp3) is 0.346. The number of carbonyl (C=O) groups excluding carboxylic acids is 2. The Bertz CT molecular complexity index is 972. The summed E-state index contributed by atoms with van der Waals surface area (Å²) in [5.41, 5.74) is 4.61. The lowest BCUT2D eigenvalue weighted by atomic mass is 9.98. The van der Waals surface area contributed by atoms with Crippen LogP contribution in [0.15, 0.2) is 60.7 Å². The third-order valence-corrected chi connectivity index (χ3v) is 5.65. The van der Waals surface area contributed by atoms with Gasteiger partial charge in [-0.1, -0.05) is 74.4 Å². The summed E-state index contributed by atoms with van der Waals surface area (Å²) < 4.78 is 5.45. The summed E-state index contributed by atoms with van der Waals surface area (Å²) in [6.45, 7) is 2.36. The van der Waals surface area contributed by atoms with Crippen LogP contribution in [-0.2, 0) is 14.3 Å². The first-order chi connectivity index (χ1) is 16.0. The molecule has 0 bridgehead atoms. The van der Waals surface area contributed by atoms with Gasteiger partial charge in [-0.3, -0.25) is 9.59 Å².